The van der Waals surface area contributed by atoms with Crippen LogP contribution in [0.2, 0.25) is 0 Å². The molecule has 11 heteroatoms. The molecule has 2 aromatic rings. The SMILES string of the molecule is CNC(=O)Nc1ccc2c(c1)CC(=O)[C@]21OCN(CC(=O)N(Cc2cocn2)[C@@H](C)C2CC2)C1=O. The lowest BCUT2D eigenvalue weighted by molar-refractivity contribution is -0.149. The van der Waals surface area contributed by atoms with Crippen LogP contribution >= 0.6 is 0 Å². The Labute approximate surface area is 201 Å². The number of urea groups is 1. The van der Waals surface area contributed by atoms with Crippen molar-refractivity contribution in [3.05, 3.63) is 47.7 Å². The molecule has 11 nitrogen and oxygen atoms in total. The number of nitrogens with zero attached hydrogens (tertiary/aromatic N) is 3. The van der Waals surface area contributed by atoms with Crippen molar-refractivity contribution in [2.45, 2.75) is 44.4 Å². The third-order valence-electron chi connectivity index (χ3n) is 7.00. The first-order chi connectivity index (χ1) is 16.8. The molecule has 1 aliphatic heterocycles. The highest BCUT2D eigenvalue weighted by Gasteiger charge is 2.59. The zero-order valence-corrected chi connectivity index (χ0v) is 19.6. The zero-order valence-electron chi connectivity index (χ0n) is 19.6. The molecule has 2 N–H and O–H groups in total. The van der Waals surface area contributed by atoms with Crippen LogP contribution in [0.5, 0.6) is 0 Å². The molecule has 2 heterocycles. The third kappa shape index (κ3) is 4.05. The summed E-state index contributed by atoms with van der Waals surface area (Å²) in [5.74, 6) is -0.738. The number of ketones is 1. The van der Waals surface area contributed by atoms with Crippen molar-refractivity contribution in [2.24, 2.45) is 5.92 Å². The van der Waals surface area contributed by atoms with Gasteiger partial charge in [-0.3, -0.25) is 14.4 Å². The summed E-state index contributed by atoms with van der Waals surface area (Å²) in [5, 5.41) is 5.12. The molecule has 0 unspecified atom stereocenters. The molecule has 4 amide bonds. The normalized spacial score (nSPS) is 21.8. The molecule has 5 rings (SSSR count). The number of rotatable bonds is 7. The van der Waals surface area contributed by atoms with E-state index in [1.165, 1.54) is 24.6 Å². The molecule has 0 radical (unpaired) electrons. The summed E-state index contributed by atoms with van der Waals surface area (Å²) >= 11 is 0. The number of fused-ring (bicyclic) bond motifs is 2. The predicted octanol–water partition coefficient (Wildman–Crippen LogP) is 1.39. The minimum atomic E-state index is -1.75. The van der Waals surface area contributed by atoms with Gasteiger partial charge in [-0.25, -0.2) is 9.78 Å². The van der Waals surface area contributed by atoms with Crippen molar-refractivity contribution in [1.29, 1.82) is 0 Å². The molecule has 0 bridgehead atoms. The largest absolute Gasteiger partial charge is 0.451 e. The average molecular weight is 482 g/mol. The fraction of sp³-hybridized carbons (Fsp3) is 0.458. The average Bonchev–Trinajstić information content (AvgIpc) is 3.37. The molecule has 1 aromatic heterocycles. The van der Waals surface area contributed by atoms with Crippen molar-refractivity contribution in [1.82, 2.24) is 20.1 Å². The molecular formula is C24H27N5O6. The summed E-state index contributed by atoms with van der Waals surface area (Å²) in [6.07, 6.45) is 4.94. The van der Waals surface area contributed by atoms with Gasteiger partial charge in [0.05, 0.1) is 12.2 Å². The zero-order chi connectivity index (χ0) is 24.7. The molecule has 1 saturated carbocycles. The van der Waals surface area contributed by atoms with E-state index in [1.807, 2.05) is 6.92 Å². The van der Waals surface area contributed by atoms with E-state index in [4.69, 9.17) is 9.15 Å². The fourth-order valence-corrected chi connectivity index (χ4v) is 4.87. The summed E-state index contributed by atoms with van der Waals surface area (Å²) in [7, 11) is 1.50. The summed E-state index contributed by atoms with van der Waals surface area (Å²) in [6.45, 7) is 1.92. The van der Waals surface area contributed by atoms with Crippen LogP contribution in [0, 0.1) is 5.92 Å². The molecule has 35 heavy (non-hydrogen) atoms. The maximum atomic E-state index is 13.5. The first kappa shape index (κ1) is 23.0. The number of anilines is 1. The maximum Gasteiger partial charge on any atom is 0.318 e. The van der Waals surface area contributed by atoms with Crippen LogP contribution in [0.4, 0.5) is 10.5 Å². The van der Waals surface area contributed by atoms with Gasteiger partial charge in [-0.2, -0.15) is 0 Å². The van der Waals surface area contributed by atoms with Crippen LogP contribution in [0.25, 0.3) is 0 Å². The molecule has 1 aromatic carbocycles. The Balaban J connectivity index is 1.34. The first-order valence-corrected chi connectivity index (χ1v) is 11.6. The van der Waals surface area contributed by atoms with E-state index in [-0.39, 0.29) is 44.0 Å². The number of hydrogen-bond acceptors (Lipinski definition) is 7. The van der Waals surface area contributed by atoms with Gasteiger partial charge in [0.25, 0.3) is 5.91 Å². The number of ether oxygens (including phenoxy) is 1. The highest BCUT2D eigenvalue weighted by Crippen LogP contribution is 2.43. The minimum absolute atomic E-state index is 0.00310. The second-order valence-electron chi connectivity index (χ2n) is 9.21. The number of oxazole rings is 1. The van der Waals surface area contributed by atoms with Crippen molar-refractivity contribution in [3.63, 3.8) is 0 Å². The van der Waals surface area contributed by atoms with Gasteiger partial charge in [0.1, 0.15) is 19.5 Å². The second kappa shape index (κ2) is 8.81. The Hall–Kier alpha value is -3.73. The van der Waals surface area contributed by atoms with Crippen molar-refractivity contribution in [3.8, 4) is 0 Å². The van der Waals surface area contributed by atoms with Crippen molar-refractivity contribution < 1.29 is 28.3 Å². The highest BCUT2D eigenvalue weighted by atomic mass is 16.5. The Morgan fingerprint density at radius 2 is 2.11 bits per heavy atom. The Bertz CT molecular complexity index is 1180. The van der Waals surface area contributed by atoms with Crippen LogP contribution in [-0.4, -0.2) is 64.8 Å². The van der Waals surface area contributed by atoms with E-state index in [1.54, 1.807) is 23.1 Å². The van der Waals surface area contributed by atoms with Gasteiger partial charge in [0, 0.05) is 30.8 Å². The number of carbonyl (C=O) groups is 4. The molecule has 184 valence electrons. The molecule has 2 aliphatic carbocycles. The van der Waals surface area contributed by atoms with Crippen LogP contribution in [0.3, 0.4) is 0 Å². The number of carbonyl (C=O) groups excluding carboxylic acids is 4. The number of Topliss-reactive ketones (excluding diaryl/α,β-unsaturated/α-hetero) is 1. The lowest BCUT2D eigenvalue weighted by atomic mass is 9.94. The van der Waals surface area contributed by atoms with E-state index in [2.05, 4.69) is 15.6 Å². The van der Waals surface area contributed by atoms with Gasteiger partial charge in [0.2, 0.25) is 11.5 Å². The quantitative estimate of drug-likeness (QED) is 0.571. The Kier molecular flexibility index (Phi) is 5.79. The standard InChI is InChI=1S/C24H27N5O6/c1-14(15-3-4-15)29(9-18-11-34-12-26-18)21(31)10-28-13-35-24(22(28)32)19-6-5-17(27-23(33)25-2)7-16(19)8-20(24)30/h5-7,11-12,14-15H,3-4,8-10,13H2,1-2H3,(H2,25,27,33)/t14-,24+/m0/s1. The lowest BCUT2D eigenvalue weighted by Crippen LogP contribution is -2.48. The van der Waals surface area contributed by atoms with Crippen LogP contribution < -0.4 is 10.6 Å². The topological polar surface area (TPSA) is 134 Å². The Morgan fingerprint density at radius 1 is 1.31 bits per heavy atom. The number of aromatic nitrogens is 1. The first-order valence-electron chi connectivity index (χ1n) is 11.6. The van der Waals surface area contributed by atoms with Crippen molar-refractivity contribution >= 4 is 29.3 Å². The summed E-state index contributed by atoms with van der Waals surface area (Å²) < 4.78 is 10.9. The lowest BCUT2D eigenvalue weighted by Gasteiger charge is -2.30. The van der Waals surface area contributed by atoms with E-state index in [0.717, 1.165) is 12.8 Å². The van der Waals surface area contributed by atoms with E-state index >= 15 is 0 Å². The van der Waals surface area contributed by atoms with E-state index in [0.29, 0.717) is 28.4 Å². The molecule has 2 atom stereocenters. The number of hydrogen-bond donors (Lipinski definition) is 2. The summed E-state index contributed by atoms with van der Waals surface area (Å²) in [6, 6.07) is 4.51. The van der Waals surface area contributed by atoms with E-state index in [9.17, 15) is 19.2 Å². The number of nitrogens with one attached hydrogen (secondary N) is 2. The van der Waals surface area contributed by atoms with Crippen LogP contribution in [-0.2, 0) is 37.7 Å². The second-order valence-corrected chi connectivity index (χ2v) is 9.21. The molecule has 3 aliphatic rings. The molecule has 1 saturated heterocycles. The number of amides is 4. The van der Waals surface area contributed by atoms with Gasteiger partial charge < -0.3 is 29.6 Å². The third-order valence-corrected chi connectivity index (χ3v) is 7.00. The van der Waals surface area contributed by atoms with E-state index < -0.39 is 17.5 Å². The summed E-state index contributed by atoms with van der Waals surface area (Å²) in [5.41, 5.74) is 0.451. The Morgan fingerprint density at radius 3 is 2.80 bits per heavy atom. The maximum absolute atomic E-state index is 13.5. The number of benzene rings is 1. The molecule has 1 spiro atoms. The molecule has 2 fully saturated rings. The molecular weight excluding hydrogens is 454 g/mol. The van der Waals surface area contributed by atoms with Gasteiger partial charge >= 0.3 is 6.03 Å². The van der Waals surface area contributed by atoms with Crippen LogP contribution in [0.15, 0.2) is 35.3 Å². The highest BCUT2D eigenvalue weighted by molar-refractivity contribution is 6.15. The van der Waals surface area contributed by atoms with Gasteiger partial charge in [-0.15, -0.1) is 0 Å². The summed E-state index contributed by atoms with van der Waals surface area (Å²) in [4.78, 5) is 58.7. The monoisotopic (exact) mass is 481 g/mol. The van der Waals surface area contributed by atoms with Crippen molar-refractivity contribution in [2.75, 3.05) is 25.6 Å². The van der Waals surface area contributed by atoms with Gasteiger partial charge in [0.15, 0.2) is 12.2 Å². The minimum Gasteiger partial charge on any atom is -0.451 e. The smallest absolute Gasteiger partial charge is 0.318 e. The van der Waals surface area contributed by atoms with Gasteiger partial charge in [-0.05, 0) is 43.4 Å². The predicted molar refractivity (Wildman–Crippen MR) is 122 cm³/mol. The fourth-order valence-electron chi connectivity index (χ4n) is 4.87. The van der Waals surface area contributed by atoms with Gasteiger partial charge in [-0.1, -0.05) is 6.07 Å². The van der Waals surface area contributed by atoms with Crippen LogP contribution in [0.1, 0.15) is 36.6 Å².